The summed E-state index contributed by atoms with van der Waals surface area (Å²) in [6.07, 6.45) is 7.07. The number of Topliss-reactive ketones (excluding diaryl/α,β-unsaturated/α-hetero) is 1. The molecule has 1 fully saturated rings. The highest BCUT2D eigenvalue weighted by molar-refractivity contribution is 5.95. The van der Waals surface area contributed by atoms with Crippen molar-refractivity contribution in [3.63, 3.8) is 0 Å². The second-order valence-electron chi connectivity index (χ2n) is 8.29. The van der Waals surface area contributed by atoms with Crippen LogP contribution in [0.25, 0.3) is 22.3 Å². The van der Waals surface area contributed by atoms with Crippen LogP contribution < -0.4 is 0 Å². The van der Waals surface area contributed by atoms with E-state index in [0.29, 0.717) is 29.3 Å². The molecule has 0 bridgehead atoms. The Bertz CT molecular complexity index is 1280. The van der Waals surface area contributed by atoms with Crippen molar-refractivity contribution in [1.82, 2.24) is 44.9 Å². The van der Waals surface area contributed by atoms with Crippen molar-refractivity contribution in [3.8, 4) is 11.4 Å². The molecular weight excluding hydrogens is 425 g/mol. The maximum absolute atomic E-state index is 12.8. The van der Waals surface area contributed by atoms with Crippen molar-refractivity contribution in [2.24, 2.45) is 7.05 Å². The largest absolute Gasteiger partial charge is 0.301 e. The van der Waals surface area contributed by atoms with E-state index in [1.54, 1.807) is 35.0 Å². The van der Waals surface area contributed by atoms with Crippen LogP contribution in [0.15, 0.2) is 36.8 Å². The number of pyridine rings is 2. The number of alkyl halides is 1. The molecule has 4 aromatic heterocycles. The molecule has 33 heavy (non-hydrogen) atoms. The Morgan fingerprint density at radius 1 is 1.12 bits per heavy atom. The molecule has 0 saturated carbocycles. The van der Waals surface area contributed by atoms with Crippen LogP contribution >= 0.6 is 0 Å². The van der Waals surface area contributed by atoms with Crippen molar-refractivity contribution in [2.75, 3.05) is 26.3 Å². The van der Waals surface area contributed by atoms with Gasteiger partial charge in [0.05, 0.1) is 41.8 Å². The first kappa shape index (κ1) is 21.3. The number of fused-ring (bicyclic) bond motifs is 1. The van der Waals surface area contributed by atoms with Gasteiger partial charge < -0.3 is 4.90 Å². The van der Waals surface area contributed by atoms with Crippen LogP contribution in [0.3, 0.4) is 0 Å². The summed E-state index contributed by atoms with van der Waals surface area (Å²) in [5, 5.41) is 17.2. The van der Waals surface area contributed by atoms with E-state index in [4.69, 9.17) is 0 Å². The molecular formula is C22H24FN9O. The van der Waals surface area contributed by atoms with E-state index in [9.17, 15) is 9.18 Å². The lowest BCUT2D eigenvalue weighted by molar-refractivity contribution is 0.0987. The molecule has 1 saturated heterocycles. The topological polar surface area (TPSA) is 108 Å². The standard InChI is InChI=1S/C22H24FN9O/c1-30-13-20(26-28-30)18-3-2-15-12-24-16(10-19(15)25-18)11-22(33)21-14-32(29-27-21)17-4-7-31(8-5-17)9-6-23/h2-3,10,12-14,17H,4-9,11H2,1H3. The predicted octanol–water partition coefficient (Wildman–Crippen LogP) is 2.05. The number of nitrogens with zero attached hydrogens (tertiary/aromatic N) is 9. The first-order chi connectivity index (χ1) is 16.1. The Labute approximate surface area is 189 Å². The molecule has 0 N–H and O–H groups in total. The minimum atomic E-state index is -0.327. The number of aryl methyl sites for hydroxylation is 1. The van der Waals surface area contributed by atoms with Gasteiger partial charge in [-0.25, -0.2) is 14.1 Å². The normalized spacial score (nSPS) is 15.3. The van der Waals surface area contributed by atoms with Crippen LogP contribution in [-0.2, 0) is 13.5 Å². The minimum Gasteiger partial charge on any atom is -0.301 e. The zero-order valence-electron chi connectivity index (χ0n) is 18.3. The lowest BCUT2D eigenvalue weighted by Gasteiger charge is -2.30. The van der Waals surface area contributed by atoms with Crippen molar-refractivity contribution in [3.05, 3.63) is 48.2 Å². The van der Waals surface area contributed by atoms with Crippen molar-refractivity contribution in [1.29, 1.82) is 0 Å². The minimum absolute atomic E-state index is 0.112. The molecule has 0 aliphatic carbocycles. The van der Waals surface area contributed by atoms with Crippen LogP contribution in [0.1, 0.15) is 35.1 Å². The van der Waals surface area contributed by atoms with Crippen molar-refractivity contribution in [2.45, 2.75) is 25.3 Å². The summed E-state index contributed by atoms with van der Waals surface area (Å²) in [5.74, 6) is -0.145. The zero-order chi connectivity index (χ0) is 22.8. The number of hydrogen-bond acceptors (Lipinski definition) is 8. The highest BCUT2D eigenvalue weighted by Gasteiger charge is 2.22. The highest BCUT2D eigenvalue weighted by atomic mass is 19.1. The van der Waals surface area contributed by atoms with Gasteiger partial charge in [-0.1, -0.05) is 10.4 Å². The lowest BCUT2D eigenvalue weighted by atomic mass is 10.1. The molecule has 0 aromatic carbocycles. The molecule has 0 radical (unpaired) electrons. The third kappa shape index (κ3) is 4.63. The van der Waals surface area contributed by atoms with E-state index < -0.39 is 0 Å². The fourth-order valence-electron chi connectivity index (χ4n) is 4.13. The molecule has 1 aliphatic heterocycles. The van der Waals surface area contributed by atoms with Gasteiger partial charge in [-0.05, 0) is 31.0 Å². The number of halogens is 1. The summed E-state index contributed by atoms with van der Waals surface area (Å²) in [4.78, 5) is 24.0. The molecule has 4 aromatic rings. The molecule has 11 heteroatoms. The molecule has 10 nitrogen and oxygen atoms in total. The van der Waals surface area contributed by atoms with Gasteiger partial charge in [0.2, 0.25) is 0 Å². The average molecular weight is 449 g/mol. The van der Waals surface area contributed by atoms with Gasteiger partial charge in [-0.15, -0.1) is 10.2 Å². The first-order valence-corrected chi connectivity index (χ1v) is 10.9. The third-order valence-corrected chi connectivity index (χ3v) is 5.96. The second-order valence-corrected chi connectivity index (χ2v) is 8.29. The quantitative estimate of drug-likeness (QED) is 0.395. The fraction of sp³-hybridized carbons (Fsp3) is 0.409. The molecule has 0 spiro atoms. The van der Waals surface area contributed by atoms with E-state index in [-0.39, 0.29) is 24.9 Å². The number of ketones is 1. The Balaban J connectivity index is 1.28. The third-order valence-electron chi connectivity index (χ3n) is 5.96. The van der Waals surface area contributed by atoms with E-state index in [1.807, 2.05) is 18.2 Å². The average Bonchev–Trinajstić information content (AvgIpc) is 3.49. The van der Waals surface area contributed by atoms with Crippen LogP contribution in [0.5, 0.6) is 0 Å². The van der Waals surface area contributed by atoms with Crippen LogP contribution in [0.2, 0.25) is 0 Å². The van der Waals surface area contributed by atoms with Crippen molar-refractivity contribution < 1.29 is 9.18 Å². The molecule has 0 atom stereocenters. The van der Waals surface area contributed by atoms with Gasteiger partial charge >= 0.3 is 0 Å². The number of carbonyl (C=O) groups is 1. The molecule has 1 aliphatic rings. The molecule has 0 amide bonds. The Kier molecular flexibility index (Phi) is 5.86. The Morgan fingerprint density at radius 2 is 1.97 bits per heavy atom. The summed E-state index contributed by atoms with van der Waals surface area (Å²) < 4.78 is 15.9. The summed E-state index contributed by atoms with van der Waals surface area (Å²) >= 11 is 0. The fourth-order valence-corrected chi connectivity index (χ4v) is 4.13. The number of carbonyl (C=O) groups excluding carboxylic acids is 1. The van der Waals surface area contributed by atoms with Crippen LogP contribution in [0, 0.1) is 0 Å². The van der Waals surface area contributed by atoms with E-state index in [1.165, 1.54) is 0 Å². The molecule has 5 rings (SSSR count). The first-order valence-electron chi connectivity index (χ1n) is 10.9. The highest BCUT2D eigenvalue weighted by Crippen LogP contribution is 2.22. The number of hydrogen-bond donors (Lipinski definition) is 0. The zero-order valence-corrected chi connectivity index (χ0v) is 18.3. The summed E-state index contributed by atoms with van der Waals surface area (Å²) in [6, 6.07) is 5.80. The Hall–Kier alpha value is -3.60. The number of aromatic nitrogens is 8. The van der Waals surface area contributed by atoms with E-state index in [0.717, 1.165) is 36.8 Å². The van der Waals surface area contributed by atoms with Crippen molar-refractivity contribution >= 4 is 16.7 Å². The predicted molar refractivity (Wildman–Crippen MR) is 118 cm³/mol. The van der Waals surface area contributed by atoms with Gasteiger partial charge in [0.15, 0.2) is 5.78 Å². The maximum atomic E-state index is 12.8. The number of likely N-dealkylation sites (tertiary alicyclic amines) is 1. The van der Waals surface area contributed by atoms with Gasteiger partial charge in [-0.3, -0.25) is 14.5 Å². The Morgan fingerprint density at radius 3 is 2.73 bits per heavy atom. The van der Waals surface area contributed by atoms with E-state index >= 15 is 0 Å². The molecule has 170 valence electrons. The van der Waals surface area contributed by atoms with Gasteiger partial charge in [0.25, 0.3) is 0 Å². The van der Waals surface area contributed by atoms with Crippen LogP contribution in [0.4, 0.5) is 4.39 Å². The SMILES string of the molecule is Cn1cc(-c2ccc3cnc(CC(=O)c4cn(C5CCN(CCF)CC5)nn4)cc3n2)nn1. The molecule has 0 unspecified atom stereocenters. The number of rotatable bonds is 7. The van der Waals surface area contributed by atoms with Gasteiger partial charge in [0.1, 0.15) is 18.1 Å². The lowest BCUT2D eigenvalue weighted by Crippen LogP contribution is -2.36. The van der Waals surface area contributed by atoms with Gasteiger partial charge in [0, 0.05) is 38.3 Å². The smallest absolute Gasteiger partial charge is 0.190 e. The summed E-state index contributed by atoms with van der Waals surface area (Å²) in [7, 11) is 1.80. The molecule has 5 heterocycles. The summed E-state index contributed by atoms with van der Waals surface area (Å²) in [5.41, 5.74) is 3.06. The van der Waals surface area contributed by atoms with E-state index in [2.05, 4.69) is 35.5 Å². The summed E-state index contributed by atoms with van der Waals surface area (Å²) in [6.45, 7) is 1.79. The maximum Gasteiger partial charge on any atom is 0.190 e. The van der Waals surface area contributed by atoms with Gasteiger partial charge in [-0.2, -0.15) is 0 Å². The van der Waals surface area contributed by atoms with Crippen LogP contribution in [-0.4, -0.2) is 76.9 Å². The second kappa shape index (κ2) is 9.10. The monoisotopic (exact) mass is 449 g/mol. The number of piperidine rings is 1.